The number of rotatable bonds is 6. The molecule has 0 aliphatic carbocycles. The molecular weight excluding hydrogens is 336 g/mol. The van der Waals surface area contributed by atoms with Gasteiger partial charge in [-0.1, -0.05) is 23.9 Å². The van der Waals surface area contributed by atoms with Crippen LogP contribution >= 0.6 is 11.8 Å². The topological polar surface area (TPSA) is 84.0 Å². The van der Waals surface area contributed by atoms with E-state index in [4.69, 9.17) is 0 Å². The summed E-state index contributed by atoms with van der Waals surface area (Å²) in [5.74, 6) is 0.0300. The van der Waals surface area contributed by atoms with E-state index in [0.717, 1.165) is 17.0 Å². The summed E-state index contributed by atoms with van der Waals surface area (Å²) < 4.78 is 0. The highest BCUT2D eigenvalue weighted by Crippen LogP contribution is 2.18. The van der Waals surface area contributed by atoms with Crippen LogP contribution in [0, 0.1) is 13.8 Å². The molecule has 132 valence electrons. The molecule has 0 radical (unpaired) electrons. The van der Waals surface area contributed by atoms with Crippen molar-refractivity contribution in [2.45, 2.75) is 38.9 Å². The molecule has 0 saturated heterocycles. The van der Waals surface area contributed by atoms with Crippen LogP contribution in [0.25, 0.3) is 0 Å². The molecule has 1 heterocycles. The number of anilines is 1. The van der Waals surface area contributed by atoms with Crippen molar-refractivity contribution in [3.8, 4) is 0 Å². The minimum absolute atomic E-state index is 0.0924. The summed E-state index contributed by atoms with van der Waals surface area (Å²) in [4.78, 5) is 31.9. The Morgan fingerprint density at radius 1 is 1.16 bits per heavy atom. The van der Waals surface area contributed by atoms with E-state index < -0.39 is 0 Å². The summed E-state index contributed by atoms with van der Waals surface area (Å²) >= 11 is 1.31. The van der Waals surface area contributed by atoms with Crippen molar-refractivity contribution >= 4 is 29.3 Å². The quantitative estimate of drug-likeness (QED) is 0.612. The molecule has 0 aliphatic heterocycles. The SMILES string of the molecule is CC(=O)Nc1cccc(C(C)NC(=O)CSc2nc(C)cc(C)n2)c1. The van der Waals surface area contributed by atoms with Gasteiger partial charge in [-0.3, -0.25) is 9.59 Å². The number of amides is 2. The number of nitrogens with zero attached hydrogens (tertiary/aromatic N) is 2. The fourth-order valence-electron chi connectivity index (χ4n) is 2.34. The smallest absolute Gasteiger partial charge is 0.230 e. The molecule has 7 heteroatoms. The number of nitrogens with one attached hydrogen (secondary N) is 2. The fraction of sp³-hybridized carbons (Fsp3) is 0.333. The van der Waals surface area contributed by atoms with E-state index >= 15 is 0 Å². The third-order valence-electron chi connectivity index (χ3n) is 3.38. The van der Waals surface area contributed by atoms with Gasteiger partial charge < -0.3 is 10.6 Å². The van der Waals surface area contributed by atoms with Gasteiger partial charge in [-0.2, -0.15) is 0 Å². The van der Waals surface area contributed by atoms with E-state index in [-0.39, 0.29) is 23.6 Å². The molecular formula is C18H22N4O2S. The predicted molar refractivity (Wildman–Crippen MR) is 99.5 cm³/mol. The molecule has 1 aromatic heterocycles. The standard InChI is InChI=1S/C18H22N4O2S/c1-11-8-12(2)20-18(19-11)25-10-17(24)21-13(3)15-6-5-7-16(9-15)22-14(4)23/h5-9,13H,10H2,1-4H3,(H,21,24)(H,22,23). The summed E-state index contributed by atoms with van der Waals surface area (Å²) in [5.41, 5.74) is 3.41. The summed E-state index contributed by atoms with van der Waals surface area (Å²) in [6.45, 7) is 7.18. The second-order valence-electron chi connectivity index (χ2n) is 5.82. The molecule has 0 bridgehead atoms. The molecule has 1 aromatic carbocycles. The zero-order valence-electron chi connectivity index (χ0n) is 14.8. The van der Waals surface area contributed by atoms with E-state index in [1.54, 1.807) is 0 Å². The van der Waals surface area contributed by atoms with Gasteiger partial charge in [0, 0.05) is 24.0 Å². The maximum Gasteiger partial charge on any atom is 0.230 e. The lowest BCUT2D eigenvalue weighted by atomic mass is 10.1. The van der Waals surface area contributed by atoms with E-state index in [1.807, 2.05) is 51.1 Å². The molecule has 0 aliphatic rings. The Hall–Kier alpha value is -2.41. The van der Waals surface area contributed by atoms with Crippen molar-refractivity contribution in [1.29, 1.82) is 0 Å². The van der Waals surface area contributed by atoms with Gasteiger partial charge in [-0.05, 0) is 44.5 Å². The maximum absolute atomic E-state index is 12.2. The van der Waals surface area contributed by atoms with Crippen LogP contribution in [-0.2, 0) is 9.59 Å². The molecule has 1 atom stereocenters. The molecule has 2 amide bonds. The first-order valence-electron chi connectivity index (χ1n) is 7.95. The summed E-state index contributed by atoms with van der Waals surface area (Å²) in [7, 11) is 0. The van der Waals surface area contributed by atoms with Crippen LogP contribution in [0.15, 0.2) is 35.5 Å². The van der Waals surface area contributed by atoms with E-state index in [0.29, 0.717) is 10.8 Å². The molecule has 0 spiro atoms. The molecule has 2 rings (SSSR count). The van der Waals surface area contributed by atoms with E-state index in [9.17, 15) is 9.59 Å². The van der Waals surface area contributed by atoms with Gasteiger partial charge in [-0.25, -0.2) is 9.97 Å². The first kappa shape index (κ1) is 18.9. The molecule has 1 unspecified atom stereocenters. The molecule has 6 nitrogen and oxygen atoms in total. The Morgan fingerprint density at radius 3 is 2.48 bits per heavy atom. The number of carbonyl (C=O) groups excluding carboxylic acids is 2. The van der Waals surface area contributed by atoms with Gasteiger partial charge in [0.05, 0.1) is 11.8 Å². The van der Waals surface area contributed by atoms with Crippen molar-refractivity contribution in [2.24, 2.45) is 0 Å². The minimum Gasteiger partial charge on any atom is -0.349 e. The van der Waals surface area contributed by atoms with Crippen molar-refractivity contribution in [1.82, 2.24) is 15.3 Å². The first-order valence-corrected chi connectivity index (χ1v) is 8.94. The van der Waals surface area contributed by atoms with Gasteiger partial charge in [0.15, 0.2) is 5.16 Å². The Morgan fingerprint density at radius 2 is 1.84 bits per heavy atom. The summed E-state index contributed by atoms with van der Waals surface area (Å²) in [6.07, 6.45) is 0. The van der Waals surface area contributed by atoms with Gasteiger partial charge in [0.25, 0.3) is 0 Å². The highest BCUT2D eigenvalue weighted by molar-refractivity contribution is 7.99. The van der Waals surface area contributed by atoms with Crippen LogP contribution in [0.5, 0.6) is 0 Å². The number of benzene rings is 1. The number of carbonyl (C=O) groups is 2. The predicted octanol–water partition coefficient (Wildman–Crippen LogP) is 3.02. The van der Waals surface area contributed by atoms with Crippen LogP contribution in [0.2, 0.25) is 0 Å². The van der Waals surface area contributed by atoms with Gasteiger partial charge in [0.2, 0.25) is 11.8 Å². The van der Waals surface area contributed by atoms with Crippen molar-refractivity contribution in [3.63, 3.8) is 0 Å². The van der Waals surface area contributed by atoms with Gasteiger partial charge in [-0.15, -0.1) is 0 Å². The van der Waals surface area contributed by atoms with E-state index in [2.05, 4.69) is 20.6 Å². The lowest BCUT2D eigenvalue weighted by Gasteiger charge is -2.15. The van der Waals surface area contributed by atoms with Crippen LogP contribution in [-0.4, -0.2) is 27.5 Å². The molecule has 2 N–H and O–H groups in total. The van der Waals surface area contributed by atoms with E-state index in [1.165, 1.54) is 18.7 Å². The summed E-state index contributed by atoms with van der Waals surface area (Å²) in [6, 6.07) is 9.16. The number of aryl methyl sites for hydroxylation is 2. The van der Waals surface area contributed by atoms with Gasteiger partial charge in [0.1, 0.15) is 0 Å². The Bertz CT molecular complexity index is 759. The summed E-state index contributed by atoms with van der Waals surface area (Å²) in [5, 5.41) is 6.29. The normalized spacial score (nSPS) is 11.7. The molecule has 0 fully saturated rings. The highest BCUT2D eigenvalue weighted by atomic mass is 32.2. The monoisotopic (exact) mass is 358 g/mol. The van der Waals surface area contributed by atoms with Crippen molar-refractivity contribution < 1.29 is 9.59 Å². The van der Waals surface area contributed by atoms with Crippen LogP contribution in [0.4, 0.5) is 5.69 Å². The fourth-order valence-corrected chi connectivity index (χ4v) is 3.10. The Labute approximate surface area is 151 Å². The zero-order valence-corrected chi connectivity index (χ0v) is 15.6. The zero-order chi connectivity index (χ0) is 18.4. The second-order valence-corrected chi connectivity index (χ2v) is 6.76. The molecule has 2 aromatic rings. The molecule has 25 heavy (non-hydrogen) atoms. The highest BCUT2D eigenvalue weighted by Gasteiger charge is 2.12. The number of aromatic nitrogens is 2. The average Bonchev–Trinajstić information content (AvgIpc) is 2.51. The van der Waals surface area contributed by atoms with Crippen LogP contribution in [0.1, 0.15) is 36.8 Å². The number of thioether (sulfide) groups is 1. The molecule has 0 saturated carbocycles. The Kier molecular flexibility index (Phi) is 6.52. The third-order valence-corrected chi connectivity index (χ3v) is 4.23. The number of hydrogen-bond acceptors (Lipinski definition) is 5. The van der Waals surface area contributed by atoms with Crippen molar-refractivity contribution in [3.05, 3.63) is 47.3 Å². The minimum atomic E-state index is -0.165. The largest absolute Gasteiger partial charge is 0.349 e. The lowest BCUT2D eigenvalue weighted by Crippen LogP contribution is -2.28. The number of hydrogen-bond donors (Lipinski definition) is 2. The third kappa shape index (κ3) is 6.19. The van der Waals surface area contributed by atoms with Gasteiger partial charge >= 0.3 is 0 Å². The average molecular weight is 358 g/mol. The van der Waals surface area contributed by atoms with Crippen LogP contribution < -0.4 is 10.6 Å². The first-order chi connectivity index (χ1) is 11.8. The second kappa shape index (κ2) is 8.62. The Balaban J connectivity index is 1.92. The lowest BCUT2D eigenvalue weighted by molar-refractivity contribution is -0.119. The maximum atomic E-state index is 12.2. The van der Waals surface area contributed by atoms with Crippen molar-refractivity contribution in [2.75, 3.05) is 11.1 Å². The van der Waals surface area contributed by atoms with Crippen LogP contribution in [0.3, 0.4) is 0 Å².